The van der Waals surface area contributed by atoms with Crippen LogP contribution in [0.2, 0.25) is 0 Å². The summed E-state index contributed by atoms with van der Waals surface area (Å²) in [6.45, 7) is 6.03. The SMILES string of the molecule is CCn1cc(CNC[C@@H]2CCCO2)c2ccccc21. The molecular weight excluding hydrogens is 236 g/mol. The van der Waals surface area contributed by atoms with Crippen molar-refractivity contribution in [3.8, 4) is 0 Å². The van der Waals surface area contributed by atoms with Crippen LogP contribution in [0.3, 0.4) is 0 Å². The Kier molecular flexibility index (Phi) is 3.85. The Morgan fingerprint density at radius 2 is 2.26 bits per heavy atom. The summed E-state index contributed by atoms with van der Waals surface area (Å²) in [7, 11) is 0. The van der Waals surface area contributed by atoms with Gasteiger partial charge in [0.15, 0.2) is 0 Å². The fourth-order valence-electron chi connectivity index (χ4n) is 2.90. The number of nitrogens with one attached hydrogen (secondary N) is 1. The molecule has 0 radical (unpaired) electrons. The zero-order valence-electron chi connectivity index (χ0n) is 11.6. The largest absolute Gasteiger partial charge is 0.377 e. The molecule has 3 nitrogen and oxygen atoms in total. The number of aromatic nitrogens is 1. The zero-order chi connectivity index (χ0) is 13.1. The standard InChI is InChI=1S/C16H22N2O/c1-2-18-12-13(15-7-3-4-8-16(15)18)10-17-11-14-6-5-9-19-14/h3-4,7-8,12,14,17H,2,5-6,9-11H2,1H3/t14-/m0/s1. The van der Waals surface area contributed by atoms with E-state index in [2.05, 4.69) is 47.3 Å². The van der Waals surface area contributed by atoms with Crippen molar-refractivity contribution >= 4 is 10.9 Å². The molecule has 19 heavy (non-hydrogen) atoms. The third-order valence-corrected chi connectivity index (χ3v) is 3.92. The molecule has 102 valence electrons. The number of rotatable bonds is 5. The average molecular weight is 258 g/mol. The predicted molar refractivity (Wildman–Crippen MR) is 78.3 cm³/mol. The van der Waals surface area contributed by atoms with E-state index >= 15 is 0 Å². The normalized spacial score (nSPS) is 19.3. The number of benzene rings is 1. The van der Waals surface area contributed by atoms with E-state index in [1.54, 1.807) is 0 Å². The number of fused-ring (bicyclic) bond motifs is 1. The zero-order valence-corrected chi connectivity index (χ0v) is 11.6. The van der Waals surface area contributed by atoms with E-state index in [1.165, 1.54) is 29.3 Å². The summed E-state index contributed by atoms with van der Waals surface area (Å²) in [6.07, 6.45) is 5.10. The molecule has 1 aliphatic rings. The highest BCUT2D eigenvalue weighted by molar-refractivity contribution is 5.83. The highest BCUT2D eigenvalue weighted by atomic mass is 16.5. The lowest BCUT2D eigenvalue weighted by Gasteiger charge is -2.10. The minimum atomic E-state index is 0.416. The van der Waals surface area contributed by atoms with Crippen LogP contribution < -0.4 is 5.32 Å². The highest BCUT2D eigenvalue weighted by Gasteiger charge is 2.15. The molecule has 0 saturated carbocycles. The molecule has 1 aromatic carbocycles. The smallest absolute Gasteiger partial charge is 0.0700 e. The van der Waals surface area contributed by atoms with Crippen LogP contribution >= 0.6 is 0 Å². The first kappa shape index (κ1) is 12.7. The van der Waals surface area contributed by atoms with Crippen molar-refractivity contribution in [3.05, 3.63) is 36.0 Å². The third kappa shape index (κ3) is 2.67. The fraction of sp³-hybridized carbons (Fsp3) is 0.500. The van der Waals surface area contributed by atoms with Crippen molar-refractivity contribution < 1.29 is 4.74 Å². The van der Waals surface area contributed by atoms with Gasteiger partial charge in [-0.25, -0.2) is 0 Å². The lowest BCUT2D eigenvalue weighted by molar-refractivity contribution is 0.110. The molecule has 0 spiro atoms. The van der Waals surface area contributed by atoms with Crippen molar-refractivity contribution in [2.45, 2.75) is 39.0 Å². The topological polar surface area (TPSA) is 26.2 Å². The van der Waals surface area contributed by atoms with Crippen molar-refractivity contribution in [1.29, 1.82) is 0 Å². The van der Waals surface area contributed by atoms with Gasteiger partial charge in [0, 0.05) is 43.3 Å². The molecule has 1 aliphatic heterocycles. The molecule has 0 unspecified atom stereocenters. The van der Waals surface area contributed by atoms with Crippen LogP contribution in [0.15, 0.2) is 30.5 Å². The van der Waals surface area contributed by atoms with E-state index in [0.29, 0.717) is 6.10 Å². The maximum Gasteiger partial charge on any atom is 0.0700 e. The van der Waals surface area contributed by atoms with E-state index in [9.17, 15) is 0 Å². The average Bonchev–Trinajstić information content (AvgIpc) is 3.07. The van der Waals surface area contributed by atoms with Gasteiger partial charge in [-0.05, 0) is 31.4 Å². The van der Waals surface area contributed by atoms with Crippen LogP contribution in [0.1, 0.15) is 25.3 Å². The molecule has 2 aromatic rings. The Morgan fingerprint density at radius 3 is 3.05 bits per heavy atom. The summed E-state index contributed by atoms with van der Waals surface area (Å²) in [4.78, 5) is 0. The first-order valence-electron chi connectivity index (χ1n) is 7.27. The lowest BCUT2D eigenvalue weighted by Crippen LogP contribution is -2.25. The van der Waals surface area contributed by atoms with Crippen LogP contribution in [0.5, 0.6) is 0 Å². The molecule has 1 aromatic heterocycles. The number of hydrogen-bond donors (Lipinski definition) is 1. The summed E-state index contributed by atoms with van der Waals surface area (Å²) in [6, 6.07) is 8.64. The number of nitrogens with zero attached hydrogens (tertiary/aromatic N) is 1. The Morgan fingerprint density at radius 1 is 1.37 bits per heavy atom. The van der Waals surface area contributed by atoms with Gasteiger partial charge < -0.3 is 14.6 Å². The maximum atomic E-state index is 5.64. The van der Waals surface area contributed by atoms with Gasteiger partial charge in [0.1, 0.15) is 0 Å². The summed E-state index contributed by atoms with van der Waals surface area (Å²) in [5.74, 6) is 0. The number of ether oxygens (including phenoxy) is 1. The van der Waals surface area contributed by atoms with Crippen molar-refractivity contribution in [2.75, 3.05) is 13.2 Å². The monoisotopic (exact) mass is 258 g/mol. The van der Waals surface area contributed by atoms with Crippen LogP contribution in [-0.2, 0) is 17.8 Å². The Labute approximate surface area is 114 Å². The minimum absolute atomic E-state index is 0.416. The summed E-state index contributed by atoms with van der Waals surface area (Å²) in [5, 5.41) is 4.90. The van der Waals surface area contributed by atoms with E-state index in [0.717, 1.165) is 26.2 Å². The molecular formula is C16H22N2O. The van der Waals surface area contributed by atoms with E-state index in [1.807, 2.05) is 0 Å². The predicted octanol–water partition coefficient (Wildman–Crippen LogP) is 2.93. The van der Waals surface area contributed by atoms with Gasteiger partial charge in [0.2, 0.25) is 0 Å². The second-order valence-electron chi connectivity index (χ2n) is 5.22. The molecule has 1 saturated heterocycles. The van der Waals surface area contributed by atoms with E-state index in [4.69, 9.17) is 4.74 Å². The Bertz CT molecular complexity index is 541. The minimum Gasteiger partial charge on any atom is -0.377 e. The van der Waals surface area contributed by atoms with Crippen molar-refractivity contribution in [3.63, 3.8) is 0 Å². The second kappa shape index (κ2) is 5.76. The van der Waals surface area contributed by atoms with E-state index < -0.39 is 0 Å². The molecule has 0 aliphatic carbocycles. The highest BCUT2D eigenvalue weighted by Crippen LogP contribution is 2.21. The van der Waals surface area contributed by atoms with Gasteiger partial charge in [-0.1, -0.05) is 18.2 Å². The van der Waals surface area contributed by atoms with Gasteiger partial charge >= 0.3 is 0 Å². The van der Waals surface area contributed by atoms with E-state index in [-0.39, 0.29) is 0 Å². The van der Waals surface area contributed by atoms with Crippen LogP contribution in [0.25, 0.3) is 10.9 Å². The van der Waals surface area contributed by atoms with Crippen molar-refractivity contribution in [1.82, 2.24) is 9.88 Å². The summed E-state index contributed by atoms with van der Waals surface area (Å²) < 4.78 is 7.95. The summed E-state index contributed by atoms with van der Waals surface area (Å²) >= 11 is 0. The van der Waals surface area contributed by atoms with Gasteiger partial charge in [0.25, 0.3) is 0 Å². The van der Waals surface area contributed by atoms with Gasteiger partial charge in [-0.2, -0.15) is 0 Å². The van der Waals surface area contributed by atoms with Gasteiger partial charge in [-0.15, -0.1) is 0 Å². The second-order valence-corrected chi connectivity index (χ2v) is 5.22. The maximum absolute atomic E-state index is 5.64. The number of aryl methyl sites for hydroxylation is 1. The Balaban J connectivity index is 1.69. The molecule has 3 heteroatoms. The first-order valence-corrected chi connectivity index (χ1v) is 7.27. The van der Waals surface area contributed by atoms with Crippen molar-refractivity contribution in [2.24, 2.45) is 0 Å². The fourth-order valence-corrected chi connectivity index (χ4v) is 2.90. The molecule has 0 amide bonds. The van der Waals surface area contributed by atoms with Crippen LogP contribution in [0.4, 0.5) is 0 Å². The molecule has 3 rings (SSSR count). The quantitative estimate of drug-likeness (QED) is 0.892. The molecule has 2 heterocycles. The lowest BCUT2D eigenvalue weighted by atomic mass is 10.1. The molecule has 1 N–H and O–H groups in total. The third-order valence-electron chi connectivity index (χ3n) is 3.92. The van der Waals surface area contributed by atoms with Crippen LogP contribution in [-0.4, -0.2) is 23.8 Å². The molecule has 1 fully saturated rings. The van der Waals surface area contributed by atoms with Gasteiger partial charge in [0.05, 0.1) is 6.10 Å². The molecule has 1 atom stereocenters. The molecule has 0 bridgehead atoms. The van der Waals surface area contributed by atoms with Crippen LogP contribution in [0, 0.1) is 0 Å². The number of hydrogen-bond acceptors (Lipinski definition) is 2. The number of para-hydroxylation sites is 1. The first-order chi connectivity index (χ1) is 9.38. The Hall–Kier alpha value is -1.32. The summed E-state index contributed by atoms with van der Waals surface area (Å²) in [5.41, 5.74) is 2.72. The van der Waals surface area contributed by atoms with Gasteiger partial charge in [-0.3, -0.25) is 0 Å².